The van der Waals surface area contributed by atoms with E-state index in [-0.39, 0.29) is 5.75 Å². The summed E-state index contributed by atoms with van der Waals surface area (Å²) in [6.45, 7) is 0.538. The molecule has 19 heavy (non-hydrogen) atoms. The van der Waals surface area contributed by atoms with Crippen molar-refractivity contribution < 1.29 is 17.9 Å². The van der Waals surface area contributed by atoms with E-state index in [2.05, 4.69) is 10.1 Å². The van der Waals surface area contributed by atoms with Crippen LogP contribution in [0.1, 0.15) is 5.56 Å². The summed E-state index contributed by atoms with van der Waals surface area (Å²) in [7, 11) is 0. The van der Waals surface area contributed by atoms with Gasteiger partial charge < -0.3 is 10.1 Å². The van der Waals surface area contributed by atoms with Crippen LogP contribution in [0.25, 0.3) is 0 Å². The van der Waals surface area contributed by atoms with Crippen molar-refractivity contribution in [1.29, 1.82) is 0 Å². The molecule has 0 aliphatic carbocycles. The summed E-state index contributed by atoms with van der Waals surface area (Å²) < 4.78 is 40.1. The van der Waals surface area contributed by atoms with Crippen LogP contribution in [-0.2, 0) is 6.54 Å². The SMILES string of the molecule is FC(F)(F)Oc1cccc(NCc2ccccc2)c1. The molecule has 0 bridgehead atoms. The fourth-order valence-corrected chi connectivity index (χ4v) is 1.60. The van der Waals surface area contributed by atoms with Gasteiger partial charge in [-0.2, -0.15) is 0 Å². The molecule has 0 aliphatic rings. The number of rotatable bonds is 4. The van der Waals surface area contributed by atoms with Crippen molar-refractivity contribution in [2.45, 2.75) is 12.9 Å². The number of benzene rings is 2. The van der Waals surface area contributed by atoms with Crippen LogP contribution in [0, 0.1) is 0 Å². The molecule has 0 saturated heterocycles. The van der Waals surface area contributed by atoms with Crippen molar-refractivity contribution in [1.82, 2.24) is 0 Å². The topological polar surface area (TPSA) is 21.3 Å². The van der Waals surface area contributed by atoms with Gasteiger partial charge in [0.25, 0.3) is 0 Å². The first-order valence-corrected chi connectivity index (χ1v) is 5.66. The molecule has 0 aromatic heterocycles. The third-order valence-electron chi connectivity index (χ3n) is 2.41. The highest BCUT2D eigenvalue weighted by molar-refractivity contribution is 5.48. The molecule has 0 fully saturated rings. The molecule has 1 N–H and O–H groups in total. The van der Waals surface area contributed by atoms with E-state index in [1.165, 1.54) is 18.2 Å². The molecule has 0 amide bonds. The van der Waals surface area contributed by atoms with Gasteiger partial charge in [0.2, 0.25) is 0 Å². The lowest BCUT2D eigenvalue weighted by molar-refractivity contribution is -0.274. The van der Waals surface area contributed by atoms with Crippen molar-refractivity contribution in [3.05, 3.63) is 60.2 Å². The van der Waals surface area contributed by atoms with Crippen molar-refractivity contribution in [3.63, 3.8) is 0 Å². The van der Waals surface area contributed by atoms with Gasteiger partial charge in [0.05, 0.1) is 0 Å². The molecule has 5 heteroatoms. The average molecular weight is 267 g/mol. The molecule has 100 valence electrons. The van der Waals surface area contributed by atoms with E-state index in [1.54, 1.807) is 6.07 Å². The maximum absolute atomic E-state index is 12.1. The largest absolute Gasteiger partial charge is 0.573 e. The Balaban J connectivity index is 1.99. The minimum Gasteiger partial charge on any atom is -0.406 e. The van der Waals surface area contributed by atoms with E-state index >= 15 is 0 Å². The normalized spacial score (nSPS) is 11.1. The van der Waals surface area contributed by atoms with Crippen LogP contribution in [0.5, 0.6) is 5.75 Å². The molecule has 0 atom stereocenters. The Hall–Kier alpha value is -2.17. The zero-order valence-electron chi connectivity index (χ0n) is 9.95. The van der Waals surface area contributed by atoms with Crippen LogP contribution >= 0.6 is 0 Å². The lowest BCUT2D eigenvalue weighted by Gasteiger charge is -2.11. The average Bonchev–Trinajstić information content (AvgIpc) is 2.36. The second kappa shape index (κ2) is 5.65. The lowest BCUT2D eigenvalue weighted by atomic mass is 10.2. The van der Waals surface area contributed by atoms with Crippen LogP contribution in [0.3, 0.4) is 0 Å². The summed E-state index contributed by atoms with van der Waals surface area (Å²) in [6, 6.07) is 15.4. The van der Waals surface area contributed by atoms with Crippen molar-refractivity contribution in [3.8, 4) is 5.75 Å². The molecule has 0 unspecified atom stereocenters. The van der Waals surface area contributed by atoms with Crippen LogP contribution in [0.15, 0.2) is 54.6 Å². The van der Waals surface area contributed by atoms with E-state index in [0.717, 1.165) is 5.56 Å². The number of hydrogen-bond acceptors (Lipinski definition) is 2. The molecule has 0 aliphatic heterocycles. The summed E-state index contributed by atoms with van der Waals surface area (Å²) in [6.07, 6.45) is -4.67. The molecule has 2 rings (SSSR count). The smallest absolute Gasteiger partial charge is 0.406 e. The maximum atomic E-state index is 12.1. The monoisotopic (exact) mass is 267 g/mol. The van der Waals surface area contributed by atoms with Crippen LogP contribution < -0.4 is 10.1 Å². The number of hydrogen-bond donors (Lipinski definition) is 1. The Morgan fingerprint density at radius 3 is 2.37 bits per heavy atom. The summed E-state index contributed by atoms with van der Waals surface area (Å²) >= 11 is 0. The fraction of sp³-hybridized carbons (Fsp3) is 0.143. The quantitative estimate of drug-likeness (QED) is 0.896. The molecule has 0 radical (unpaired) electrons. The van der Waals surface area contributed by atoms with Gasteiger partial charge >= 0.3 is 6.36 Å². The minimum absolute atomic E-state index is 0.231. The predicted molar refractivity (Wildman–Crippen MR) is 66.9 cm³/mol. The van der Waals surface area contributed by atoms with E-state index in [0.29, 0.717) is 12.2 Å². The van der Waals surface area contributed by atoms with Crippen LogP contribution in [0.2, 0.25) is 0 Å². The number of alkyl halides is 3. The third kappa shape index (κ3) is 4.54. The van der Waals surface area contributed by atoms with Gasteiger partial charge in [-0.3, -0.25) is 0 Å². The predicted octanol–water partition coefficient (Wildman–Crippen LogP) is 4.20. The summed E-state index contributed by atoms with van der Waals surface area (Å²) in [5.74, 6) is -0.231. The highest BCUT2D eigenvalue weighted by Gasteiger charge is 2.31. The number of nitrogens with one attached hydrogen (secondary N) is 1. The molecule has 0 spiro atoms. The highest BCUT2D eigenvalue weighted by Crippen LogP contribution is 2.25. The molecular formula is C14H12F3NO. The number of halogens is 3. The minimum atomic E-state index is -4.67. The zero-order chi connectivity index (χ0) is 13.7. The summed E-state index contributed by atoms with van der Waals surface area (Å²) in [4.78, 5) is 0. The van der Waals surface area contributed by atoms with Gasteiger partial charge in [0.15, 0.2) is 0 Å². The Bertz CT molecular complexity index is 526. The maximum Gasteiger partial charge on any atom is 0.573 e. The number of anilines is 1. The molecular weight excluding hydrogens is 255 g/mol. The molecule has 0 saturated carbocycles. The van der Waals surface area contributed by atoms with Crippen molar-refractivity contribution >= 4 is 5.69 Å². The van der Waals surface area contributed by atoms with Gasteiger partial charge in [-0.05, 0) is 17.7 Å². The first-order valence-electron chi connectivity index (χ1n) is 5.66. The van der Waals surface area contributed by atoms with Gasteiger partial charge in [0.1, 0.15) is 5.75 Å². The summed E-state index contributed by atoms with van der Waals surface area (Å²) in [5.41, 5.74) is 1.62. The van der Waals surface area contributed by atoms with E-state index < -0.39 is 6.36 Å². The molecule has 0 heterocycles. The second-order valence-corrected chi connectivity index (χ2v) is 3.91. The highest BCUT2D eigenvalue weighted by atomic mass is 19.4. The Morgan fingerprint density at radius 1 is 0.947 bits per heavy atom. The molecule has 2 aromatic carbocycles. The van der Waals surface area contributed by atoms with Crippen molar-refractivity contribution in [2.75, 3.05) is 5.32 Å². The third-order valence-corrected chi connectivity index (χ3v) is 2.41. The van der Waals surface area contributed by atoms with E-state index in [9.17, 15) is 13.2 Å². The standard InChI is InChI=1S/C14H12F3NO/c15-14(16,17)19-13-8-4-7-12(9-13)18-10-11-5-2-1-3-6-11/h1-9,18H,10H2. The van der Waals surface area contributed by atoms with Gasteiger partial charge in [-0.1, -0.05) is 36.4 Å². The first-order chi connectivity index (χ1) is 9.03. The van der Waals surface area contributed by atoms with Gasteiger partial charge in [0, 0.05) is 18.3 Å². The summed E-state index contributed by atoms with van der Waals surface area (Å²) in [5, 5.41) is 3.04. The Morgan fingerprint density at radius 2 is 1.68 bits per heavy atom. The second-order valence-electron chi connectivity index (χ2n) is 3.91. The van der Waals surface area contributed by atoms with Gasteiger partial charge in [-0.15, -0.1) is 13.2 Å². The van der Waals surface area contributed by atoms with Crippen LogP contribution in [-0.4, -0.2) is 6.36 Å². The zero-order valence-corrected chi connectivity index (χ0v) is 9.95. The molecule has 2 aromatic rings. The van der Waals surface area contributed by atoms with Crippen molar-refractivity contribution in [2.24, 2.45) is 0 Å². The number of ether oxygens (including phenoxy) is 1. The first kappa shape index (κ1) is 13.3. The van der Waals surface area contributed by atoms with E-state index in [1.807, 2.05) is 30.3 Å². The Kier molecular flexibility index (Phi) is 3.94. The Labute approximate surface area is 108 Å². The molecule has 2 nitrogen and oxygen atoms in total. The van der Waals surface area contributed by atoms with Gasteiger partial charge in [-0.25, -0.2) is 0 Å². The fourth-order valence-electron chi connectivity index (χ4n) is 1.60. The van der Waals surface area contributed by atoms with E-state index in [4.69, 9.17) is 0 Å². The lowest BCUT2D eigenvalue weighted by Crippen LogP contribution is -2.17. The van der Waals surface area contributed by atoms with Crippen LogP contribution in [0.4, 0.5) is 18.9 Å².